The number of cyclic esters (lactones) is 1. The zero-order valence-electron chi connectivity index (χ0n) is 21.2. The molecule has 186 valence electrons. The van der Waals surface area contributed by atoms with Gasteiger partial charge in [0.1, 0.15) is 18.0 Å². The van der Waals surface area contributed by atoms with Crippen LogP contribution in [0.3, 0.4) is 0 Å². The largest absolute Gasteiger partial charge is 0.462 e. The first-order valence-electron chi connectivity index (χ1n) is 12.3. The fourth-order valence-corrected chi connectivity index (χ4v) is 5.17. The molecular weight excluding hydrogens is 410 g/mol. The van der Waals surface area contributed by atoms with E-state index in [1.807, 2.05) is 60.5 Å². The van der Waals surface area contributed by atoms with E-state index in [9.17, 15) is 14.7 Å². The number of rotatable bonds is 4. The highest BCUT2D eigenvalue weighted by Gasteiger charge is 2.43. The third kappa shape index (κ3) is 6.75. The predicted octanol–water partition coefficient (Wildman–Crippen LogP) is 3.42. The van der Waals surface area contributed by atoms with Crippen LogP contribution in [0.2, 0.25) is 0 Å². The number of carbonyl (C=O) groups excluding carboxylic acids is 2. The number of likely N-dealkylation sites (N-methyl/N-ethyl adjacent to an activating group) is 1. The van der Waals surface area contributed by atoms with Gasteiger partial charge in [0.2, 0.25) is 0 Å². The molecule has 0 radical (unpaired) electrons. The molecule has 7 nitrogen and oxygen atoms in total. The molecule has 1 N–H and O–H groups in total. The van der Waals surface area contributed by atoms with Crippen molar-refractivity contribution in [3.8, 4) is 0 Å². The van der Waals surface area contributed by atoms with Crippen LogP contribution in [0.4, 0.5) is 0 Å². The normalized spacial score (nSPS) is 42.8. The van der Waals surface area contributed by atoms with Crippen molar-refractivity contribution in [1.82, 2.24) is 4.90 Å². The molecule has 0 aromatic carbocycles. The Hall–Kier alpha value is -1.02. The quantitative estimate of drug-likeness (QED) is 0.650. The van der Waals surface area contributed by atoms with Gasteiger partial charge in [-0.1, -0.05) is 27.7 Å². The summed E-state index contributed by atoms with van der Waals surface area (Å²) in [7, 11) is 3.86. The molecule has 0 amide bonds. The van der Waals surface area contributed by atoms with E-state index >= 15 is 0 Å². The van der Waals surface area contributed by atoms with Gasteiger partial charge in [0, 0.05) is 18.4 Å². The number of ether oxygens (including phenoxy) is 3. The van der Waals surface area contributed by atoms with Crippen molar-refractivity contribution in [2.45, 2.75) is 110 Å². The number of carbonyl (C=O) groups is 2. The van der Waals surface area contributed by atoms with Crippen LogP contribution in [0.1, 0.15) is 73.6 Å². The minimum Gasteiger partial charge on any atom is -0.462 e. The van der Waals surface area contributed by atoms with Gasteiger partial charge in [-0.15, -0.1) is 0 Å². The highest BCUT2D eigenvalue weighted by molar-refractivity contribution is 5.80. The molecule has 7 heteroatoms. The standard InChI is InChI=1S/C25H45NO6/c1-9-21-14(2)10-11-20(27)15(3)12-16(4)23(18(6)24(29)31-21)32-25-22(28)19(26(7)8)13-17(5)30-25/h14-19,21-23,25,28H,9-13H2,1-8H3/t14-,15-,16+,17-,18-,19+,21?,22-,23?,25+/m1/s1. The van der Waals surface area contributed by atoms with Gasteiger partial charge in [0.25, 0.3) is 0 Å². The number of esters is 1. The van der Waals surface area contributed by atoms with Crippen molar-refractivity contribution in [2.24, 2.45) is 23.7 Å². The fraction of sp³-hybridized carbons (Fsp3) is 0.920. The smallest absolute Gasteiger partial charge is 0.311 e. The van der Waals surface area contributed by atoms with E-state index in [0.717, 1.165) is 6.42 Å². The lowest BCUT2D eigenvalue weighted by atomic mass is 9.83. The van der Waals surface area contributed by atoms with E-state index in [4.69, 9.17) is 14.2 Å². The van der Waals surface area contributed by atoms with Gasteiger partial charge in [0.05, 0.1) is 18.1 Å². The van der Waals surface area contributed by atoms with Gasteiger partial charge >= 0.3 is 5.97 Å². The highest BCUT2D eigenvalue weighted by Crippen LogP contribution is 2.32. The first-order chi connectivity index (χ1) is 15.0. The van der Waals surface area contributed by atoms with E-state index < -0.39 is 24.4 Å². The number of nitrogens with zero attached hydrogens (tertiary/aromatic N) is 1. The van der Waals surface area contributed by atoms with E-state index in [-0.39, 0.29) is 47.8 Å². The van der Waals surface area contributed by atoms with Crippen molar-refractivity contribution in [2.75, 3.05) is 14.1 Å². The first kappa shape index (κ1) is 27.2. The molecule has 0 aromatic rings. The first-order valence-corrected chi connectivity index (χ1v) is 12.3. The number of Topliss-reactive ketones (excluding diaryl/α,β-unsaturated/α-hetero) is 1. The minimum absolute atomic E-state index is 0.0783. The van der Waals surface area contributed by atoms with Crippen LogP contribution in [0.25, 0.3) is 0 Å². The summed E-state index contributed by atoms with van der Waals surface area (Å²) >= 11 is 0. The average Bonchev–Trinajstić information content (AvgIpc) is 2.73. The number of ketones is 1. The van der Waals surface area contributed by atoms with Gasteiger partial charge in [-0.3, -0.25) is 9.59 Å². The molecule has 2 fully saturated rings. The molecule has 2 aliphatic heterocycles. The average molecular weight is 456 g/mol. The molecule has 0 spiro atoms. The Morgan fingerprint density at radius 2 is 1.72 bits per heavy atom. The van der Waals surface area contributed by atoms with E-state index in [2.05, 4.69) is 0 Å². The molecule has 0 saturated carbocycles. The lowest BCUT2D eigenvalue weighted by Gasteiger charge is -2.43. The van der Waals surface area contributed by atoms with E-state index in [1.54, 1.807) is 0 Å². The van der Waals surface area contributed by atoms with Crippen molar-refractivity contribution >= 4 is 11.8 Å². The molecule has 2 aliphatic rings. The molecule has 0 aliphatic carbocycles. The molecule has 0 bridgehead atoms. The summed E-state index contributed by atoms with van der Waals surface area (Å²) in [5, 5.41) is 10.9. The molecule has 2 unspecified atom stereocenters. The molecule has 2 saturated heterocycles. The summed E-state index contributed by atoms with van der Waals surface area (Å²) in [5.41, 5.74) is 0. The zero-order valence-corrected chi connectivity index (χ0v) is 21.2. The Morgan fingerprint density at radius 3 is 2.31 bits per heavy atom. The third-order valence-corrected chi connectivity index (χ3v) is 7.42. The van der Waals surface area contributed by atoms with E-state index in [0.29, 0.717) is 25.7 Å². The van der Waals surface area contributed by atoms with Gasteiger partial charge in [-0.2, -0.15) is 0 Å². The topological polar surface area (TPSA) is 85.3 Å². The number of hydrogen-bond donors (Lipinski definition) is 1. The summed E-state index contributed by atoms with van der Waals surface area (Å²) in [4.78, 5) is 27.9. The van der Waals surface area contributed by atoms with Crippen LogP contribution in [-0.2, 0) is 23.8 Å². The predicted molar refractivity (Wildman–Crippen MR) is 123 cm³/mol. The number of aliphatic hydroxyl groups excluding tert-OH is 1. The van der Waals surface area contributed by atoms with Crippen LogP contribution >= 0.6 is 0 Å². The second kappa shape index (κ2) is 11.9. The van der Waals surface area contributed by atoms with Gasteiger partial charge in [-0.05, 0) is 65.5 Å². The Balaban J connectivity index is 2.29. The second-order valence-corrected chi connectivity index (χ2v) is 10.4. The maximum Gasteiger partial charge on any atom is 0.311 e. The highest BCUT2D eigenvalue weighted by atomic mass is 16.7. The minimum atomic E-state index is -0.839. The van der Waals surface area contributed by atoms with Crippen molar-refractivity contribution in [1.29, 1.82) is 0 Å². The van der Waals surface area contributed by atoms with Gasteiger partial charge < -0.3 is 24.2 Å². The van der Waals surface area contributed by atoms with Crippen molar-refractivity contribution < 1.29 is 28.9 Å². The summed E-state index contributed by atoms with van der Waals surface area (Å²) in [6, 6.07) is -0.0987. The lowest BCUT2D eigenvalue weighted by Crippen LogP contribution is -2.56. The molecule has 2 rings (SSSR count). The maximum atomic E-state index is 13.1. The van der Waals surface area contributed by atoms with E-state index in [1.165, 1.54) is 0 Å². The maximum absolute atomic E-state index is 13.1. The monoisotopic (exact) mass is 455 g/mol. The van der Waals surface area contributed by atoms with Crippen molar-refractivity contribution in [3.05, 3.63) is 0 Å². The molecule has 10 atom stereocenters. The summed E-state index contributed by atoms with van der Waals surface area (Å²) in [5.74, 6) is -0.668. The number of hydrogen-bond acceptors (Lipinski definition) is 7. The summed E-state index contributed by atoms with van der Waals surface area (Å²) in [6.45, 7) is 11.8. The van der Waals surface area contributed by atoms with Crippen molar-refractivity contribution in [3.63, 3.8) is 0 Å². The molecule has 0 aromatic heterocycles. The molecule has 2 heterocycles. The Morgan fingerprint density at radius 1 is 1.06 bits per heavy atom. The van der Waals surface area contributed by atoms with Crippen LogP contribution in [-0.4, -0.2) is 72.6 Å². The fourth-order valence-electron chi connectivity index (χ4n) is 5.17. The zero-order chi connectivity index (χ0) is 24.2. The summed E-state index contributed by atoms with van der Waals surface area (Å²) < 4.78 is 18.2. The van der Waals surface area contributed by atoms with Crippen LogP contribution < -0.4 is 0 Å². The SMILES string of the molecule is CCC1OC(=O)[C@H](C)C(O[C@@H]2O[C@H](C)C[C@H](N(C)C)[C@H]2O)[C@@H](C)C[C@@H](C)C(=O)CC[C@H]1C. The Labute approximate surface area is 194 Å². The lowest BCUT2D eigenvalue weighted by molar-refractivity contribution is -0.279. The second-order valence-electron chi connectivity index (χ2n) is 10.4. The van der Waals surface area contributed by atoms with Crippen LogP contribution in [0.5, 0.6) is 0 Å². The number of aliphatic hydroxyl groups is 1. The third-order valence-electron chi connectivity index (χ3n) is 7.42. The summed E-state index contributed by atoms with van der Waals surface area (Å²) in [6.07, 6.45) is 0.739. The Bertz CT molecular complexity index is 626. The Kier molecular flexibility index (Phi) is 10.1. The van der Waals surface area contributed by atoms with Gasteiger partial charge in [0.15, 0.2) is 6.29 Å². The van der Waals surface area contributed by atoms with Crippen LogP contribution in [0, 0.1) is 23.7 Å². The molecule has 32 heavy (non-hydrogen) atoms. The van der Waals surface area contributed by atoms with Gasteiger partial charge in [-0.25, -0.2) is 0 Å². The molecular formula is C25H45NO6. The van der Waals surface area contributed by atoms with Crippen LogP contribution in [0.15, 0.2) is 0 Å².